The second-order valence-electron chi connectivity index (χ2n) is 3.17. The molecule has 0 bridgehead atoms. The van der Waals surface area contributed by atoms with E-state index in [4.69, 9.17) is 15.9 Å². The third-order valence-corrected chi connectivity index (χ3v) is 1.87. The van der Waals surface area contributed by atoms with Crippen LogP contribution >= 0.6 is 0 Å². The molecular weight excluding hydrogens is 237 g/mol. The Morgan fingerprint density at radius 2 is 2.28 bits per heavy atom. The molecule has 1 rings (SSSR count). The summed E-state index contributed by atoms with van der Waals surface area (Å²) in [6, 6.07) is 6.17. The first-order valence-electron chi connectivity index (χ1n) is 4.94. The highest BCUT2D eigenvalue weighted by molar-refractivity contribution is 5.99. The Kier molecular flexibility index (Phi) is 4.62. The van der Waals surface area contributed by atoms with Gasteiger partial charge in [0.1, 0.15) is 5.75 Å². The molecule has 94 valence electrons. The van der Waals surface area contributed by atoms with Crippen LogP contribution in [-0.2, 0) is 4.79 Å². The molecule has 0 aliphatic carbocycles. The summed E-state index contributed by atoms with van der Waals surface area (Å²) in [7, 11) is 0. The molecule has 0 heterocycles. The quantitative estimate of drug-likeness (QED) is 0.433. The summed E-state index contributed by atoms with van der Waals surface area (Å²) in [6.07, 6.45) is 1.75. The van der Waals surface area contributed by atoms with E-state index >= 15 is 0 Å². The van der Waals surface area contributed by atoms with Gasteiger partial charge in [0.15, 0.2) is 5.83 Å². The van der Waals surface area contributed by atoms with Gasteiger partial charge in [0.05, 0.1) is 0 Å². The number of halogens is 1. The van der Waals surface area contributed by atoms with Crippen molar-refractivity contribution >= 4 is 17.5 Å². The molecule has 0 aliphatic heterocycles. The highest BCUT2D eigenvalue weighted by atomic mass is 19.1. The minimum absolute atomic E-state index is 0.207. The van der Waals surface area contributed by atoms with E-state index in [1.807, 2.05) is 0 Å². The number of ether oxygens (including phenoxy) is 1. The zero-order valence-electron chi connectivity index (χ0n) is 9.44. The Morgan fingerprint density at radius 3 is 2.89 bits per heavy atom. The van der Waals surface area contributed by atoms with E-state index in [0.29, 0.717) is 11.9 Å². The fourth-order valence-corrected chi connectivity index (χ4v) is 1.07. The van der Waals surface area contributed by atoms with Crippen LogP contribution in [0.3, 0.4) is 0 Å². The van der Waals surface area contributed by atoms with Gasteiger partial charge in [-0.25, -0.2) is 0 Å². The zero-order valence-corrected chi connectivity index (χ0v) is 9.44. The van der Waals surface area contributed by atoms with Crippen molar-refractivity contribution in [3.8, 4) is 5.75 Å². The van der Waals surface area contributed by atoms with Gasteiger partial charge in [-0.2, -0.15) is 4.39 Å². The minimum Gasteiger partial charge on any atom is -0.437 e. The average Bonchev–Trinajstić information content (AvgIpc) is 2.37. The van der Waals surface area contributed by atoms with Crippen LogP contribution in [0, 0.1) is 5.41 Å². The first-order valence-corrected chi connectivity index (χ1v) is 4.94. The summed E-state index contributed by atoms with van der Waals surface area (Å²) in [6.45, 7) is 3.31. The van der Waals surface area contributed by atoms with Gasteiger partial charge in [-0.1, -0.05) is 12.6 Å². The highest BCUT2D eigenvalue weighted by Crippen LogP contribution is 2.18. The van der Waals surface area contributed by atoms with Crippen molar-refractivity contribution in [3.05, 3.63) is 48.9 Å². The van der Waals surface area contributed by atoms with Gasteiger partial charge in [0.2, 0.25) is 11.8 Å². The Balaban J connectivity index is 2.79. The Bertz CT molecular complexity index is 512. The average molecular weight is 249 g/mol. The molecule has 0 radical (unpaired) electrons. The van der Waals surface area contributed by atoms with Crippen molar-refractivity contribution in [2.75, 3.05) is 5.32 Å². The van der Waals surface area contributed by atoms with Gasteiger partial charge in [0.25, 0.3) is 0 Å². The molecule has 5 nitrogen and oxygen atoms in total. The maximum Gasteiger partial charge on any atom is 0.249 e. The van der Waals surface area contributed by atoms with Crippen LogP contribution in [0.1, 0.15) is 0 Å². The summed E-state index contributed by atoms with van der Waals surface area (Å²) >= 11 is 0. The molecule has 1 aromatic rings. The largest absolute Gasteiger partial charge is 0.437 e. The smallest absolute Gasteiger partial charge is 0.249 e. The summed E-state index contributed by atoms with van der Waals surface area (Å²) in [5.74, 6) is -1.85. The molecule has 0 spiro atoms. The molecule has 4 N–H and O–H groups in total. The summed E-state index contributed by atoms with van der Waals surface area (Å²) in [5, 5.41) is 9.74. The molecule has 0 unspecified atom stereocenters. The molecule has 0 saturated heterocycles. The van der Waals surface area contributed by atoms with Crippen molar-refractivity contribution in [1.82, 2.24) is 0 Å². The standard InChI is InChI=1S/C12H12FN3O2/c1-2-11(17)16-8-4-3-5-9(6-8)18-12(15)10(13)7-14/h2-7,15H,1,14H2,(H,16,17)/b10-7+,15-12?. The highest BCUT2D eigenvalue weighted by Gasteiger charge is 2.07. The number of hydrogen-bond donors (Lipinski definition) is 3. The van der Waals surface area contributed by atoms with Gasteiger partial charge in [0, 0.05) is 18.0 Å². The molecule has 0 atom stereocenters. The van der Waals surface area contributed by atoms with Gasteiger partial charge >= 0.3 is 0 Å². The van der Waals surface area contributed by atoms with E-state index in [0.717, 1.165) is 6.08 Å². The second kappa shape index (κ2) is 6.19. The van der Waals surface area contributed by atoms with Crippen LogP contribution < -0.4 is 15.8 Å². The first-order chi connectivity index (χ1) is 8.56. The molecule has 18 heavy (non-hydrogen) atoms. The Labute approximate surface area is 103 Å². The number of carbonyl (C=O) groups is 1. The van der Waals surface area contributed by atoms with Crippen molar-refractivity contribution < 1.29 is 13.9 Å². The van der Waals surface area contributed by atoms with Gasteiger partial charge in [-0.05, 0) is 18.2 Å². The monoisotopic (exact) mass is 249 g/mol. The van der Waals surface area contributed by atoms with Crippen LogP contribution in [0.25, 0.3) is 0 Å². The second-order valence-corrected chi connectivity index (χ2v) is 3.17. The lowest BCUT2D eigenvalue weighted by atomic mass is 10.3. The minimum atomic E-state index is -0.976. The SMILES string of the molecule is C=CC(=O)Nc1cccc(OC(=N)/C(F)=C\N)c1. The molecule has 1 amide bonds. The molecule has 0 fully saturated rings. The van der Waals surface area contributed by atoms with Gasteiger partial charge in [-0.15, -0.1) is 0 Å². The van der Waals surface area contributed by atoms with E-state index in [-0.39, 0.29) is 11.7 Å². The number of anilines is 1. The van der Waals surface area contributed by atoms with E-state index in [2.05, 4.69) is 11.9 Å². The molecule has 1 aromatic carbocycles. The fraction of sp³-hybridized carbons (Fsp3) is 0. The van der Waals surface area contributed by atoms with Crippen molar-refractivity contribution in [3.63, 3.8) is 0 Å². The molecular formula is C12H12FN3O2. The van der Waals surface area contributed by atoms with Crippen molar-refractivity contribution in [2.45, 2.75) is 0 Å². The summed E-state index contributed by atoms with van der Waals surface area (Å²) in [5.41, 5.74) is 5.36. The van der Waals surface area contributed by atoms with Crippen molar-refractivity contribution in [1.29, 1.82) is 5.41 Å². The van der Waals surface area contributed by atoms with E-state index < -0.39 is 11.7 Å². The molecule has 0 saturated carbocycles. The summed E-state index contributed by atoms with van der Waals surface area (Å²) in [4.78, 5) is 11.1. The number of rotatable bonds is 4. The number of benzene rings is 1. The van der Waals surface area contributed by atoms with E-state index in [1.165, 1.54) is 12.1 Å². The number of carbonyl (C=O) groups excluding carboxylic acids is 1. The van der Waals surface area contributed by atoms with Gasteiger partial charge in [-0.3, -0.25) is 10.2 Å². The lowest BCUT2D eigenvalue weighted by Crippen LogP contribution is -2.10. The topological polar surface area (TPSA) is 88.2 Å². The zero-order chi connectivity index (χ0) is 13.5. The maximum atomic E-state index is 12.9. The predicted molar refractivity (Wildman–Crippen MR) is 67.0 cm³/mol. The third-order valence-electron chi connectivity index (χ3n) is 1.87. The number of hydrogen-bond acceptors (Lipinski definition) is 4. The van der Waals surface area contributed by atoms with Crippen LogP contribution in [0.2, 0.25) is 0 Å². The number of nitrogens with two attached hydrogens (primary N) is 1. The van der Waals surface area contributed by atoms with Gasteiger partial charge < -0.3 is 15.8 Å². The Hall–Kier alpha value is -2.63. The molecule has 0 aromatic heterocycles. The Morgan fingerprint density at radius 1 is 1.56 bits per heavy atom. The fourth-order valence-electron chi connectivity index (χ4n) is 1.07. The number of amides is 1. The lowest BCUT2D eigenvalue weighted by Gasteiger charge is -2.07. The van der Waals surface area contributed by atoms with E-state index in [9.17, 15) is 9.18 Å². The summed E-state index contributed by atoms with van der Waals surface area (Å²) < 4.78 is 17.8. The van der Waals surface area contributed by atoms with Crippen LogP contribution in [0.15, 0.2) is 48.9 Å². The number of nitrogens with one attached hydrogen (secondary N) is 2. The van der Waals surface area contributed by atoms with Crippen molar-refractivity contribution in [2.24, 2.45) is 5.73 Å². The van der Waals surface area contributed by atoms with Crippen LogP contribution in [-0.4, -0.2) is 11.8 Å². The van der Waals surface area contributed by atoms with Crippen LogP contribution in [0.5, 0.6) is 5.75 Å². The third kappa shape index (κ3) is 3.75. The molecule has 0 aliphatic rings. The normalized spacial score (nSPS) is 10.6. The predicted octanol–water partition coefficient (Wildman–Crippen LogP) is 1.94. The molecule has 6 heteroatoms. The first kappa shape index (κ1) is 13.4. The van der Waals surface area contributed by atoms with Crippen LogP contribution in [0.4, 0.5) is 10.1 Å². The maximum absolute atomic E-state index is 12.9. The van der Waals surface area contributed by atoms with E-state index in [1.54, 1.807) is 12.1 Å². The lowest BCUT2D eigenvalue weighted by molar-refractivity contribution is -0.111.